The van der Waals surface area contributed by atoms with Crippen molar-refractivity contribution < 1.29 is 14.0 Å². The van der Waals surface area contributed by atoms with Gasteiger partial charge in [0.05, 0.1) is 5.71 Å². The predicted octanol–water partition coefficient (Wildman–Crippen LogP) is 2.64. The zero-order valence-electron chi connectivity index (χ0n) is 11.8. The lowest BCUT2D eigenvalue weighted by atomic mass is 10.0. The van der Waals surface area contributed by atoms with Crippen molar-refractivity contribution in [3.05, 3.63) is 71.5 Å². The molecule has 0 aliphatic carbocycles. The van der Waals surface area contributed by atoms with Gasteiger partial charge in [0, 0.05) is 18.5 Å². The molecule has 0 aromatic heterocycles. The van der Waals surface area contributed by atoms with Crippen molar-refractivity contribution in [3.8, 4) is 0 Å². The van der Waals surface area contributed by atoms with Crippen LogP contribution in [0.5, 0.6) is 0 Å². The molecule has 4 nitrogen and oxygen atoms in total. The average Bonchev–Trinajstić information content (AvgIpc) is 3.05. The van der Waals surface area contributed by atoms with Crippen LogP contribution >= 0.6 is 0 Å². The molecule has 1 atom stereocenters. The van der Waals surface area contributed by atoms with Gasteiger partial charge < -0.3 is 10.2 Å². The monoisotopic (exact) mass is 298 g/mol. The molecule has 0 fully saturated rings. The second kappa shape index (κ2) is 6.39. The molecule has 1 aliphatic rings. The Hall–Kier alpha value is -2.69. The highest BCUT2D eigenvalue weighted by Gasteiger charge is 2.28. The van der Waals surface area contributed by atoms with E-state index in [1.54, 1.807) is 18.2 Å². The number of rotatable bonds is 4. The van der Waals surface area contributed by atoms with Crippen LogP contribution in [0.3, 0.4) is 0 Å². The SMILES string of the molecule is O=C(NCc1ccccc1F)[C@H]1CC(c2ccccc2)=NO1. The normalized spacial score (nSPS) is 16.8. The maximum absolute atomic E-state index is 13.5. The van der Waals surface area contributed by atoms with Crippen LogP contribution in [0.2, 0.25) is 0 Å². The van der Waals surface area contributed by atoms with Gasteiger partial charge in [-0.05, 0) is 11.6 Å². The molecule has 2 aromatic rings. The van der Waals surface area contributed by atoms with E-state index < -0.39 is 6.10 Å². The first-order valence-corrected chi connectivity index (χ1v) is 7.03. The van der Waals surface area contributed by atoms with Crippen molar-refractivity contribution in [2.24, 2.45) is 5.16 Å². The lowest BCUT2D eigenvalue weighted by molar-refractivity contribution is -0.131. The standard InChI is InChI=1S/C17H15FN2O2/c18-14-9-5-4-8-13(14)11-19-17(21)16-10-15(20-22-16)12-6-2-1-3-7-12/h1-9,16H,10-11H2,(H,19,21)/t16-/m1/s1. The largest absolute Gasteiger partial charge is 0.382 e. The first kappa shape index (κ1) is 14.3. The van der Waals surface area contributed by atoms with Crippen molar-refractivity contribution in [3.63, 3.8) is 0 Å². The molecule has 1 N–H and O–H groups in total. The molecule has 0 saturated heterocycles. The van der Waals surface area contributed by atoms with Crippen LogP contribution in [0, 0.1) is 5.82 Å². The number of oxime groups is 1. The van der Waals surface area contributed by atoms with E-state index in [2.05, 4.69) is 10.5 Å². The van der Waals surface area contributed by atoms with Gasteiger partial charge in [0.25, 0.3) is 5.91 Å². The number of benzene rings is 2. The second-order valence-electron chi connectivity index (χ2n) is 5.01. The van der Waals surface area contributed by atoms with E-state index in [4.69, 9.17) is 4.84 Å². The van der Waals surface area contributed by atoms with E-state index in [1.807, 2.05) is 30.3 Å². The van der Waals surface area contributed by atoms with Crippen molar-refractivity contribution in [2.75, 3.05) is 0 Å². The van der Waals surface area contributed by atoms with Crippen molar-refractivity contribution in [2.45, 2.75) is 19.1 Å². The number of carbonyl (C=O) groups excluding carboxylic acids is 1. The summed E-state index contributed by atoms with van der Waals surface area (Å²) in [5.41, 5.74) is 2.12. The molecule has 0 spiro atoms. The van der Waals surface area contributed by atoms with E-state index in [9.17, 15) is 9.18 Å². The number of nitrogens with one attached hydrogen (secondary N) is 1. The van der Waals surface area contributed by atoms with Crippen molar-refractivity contribution in [1.29, 1.82) is 0 Å². The molecule has 1 aliphatic heterocycles. The van der Waals surface area contributed by atoms with Crippen molar-refractivity contribution >= 4 is 11.6 Å². The summed E-state index contributed by atoms with van der Waals surface area (Å²) >= 11 is 0. The highest BCUT2D eigenvalue weighted by atomic mass is 19.1. The van der Waals surface area contributed by atoms with Gasteiger partial charge >= 0.3 is 0 Å². The van der Waals surface area contributed by atoms with Crippen LogP contribution in [-0.2, 0) is 16.2 Å². The summed E-state index contributed by atoms with van der Waals surface area (Å²) in [6.45, 7) is 0.131. The highest BCUT2D eigenvalue weighted by molar-refractivity contribution is 6.04. The number of halogens is 1. The maximum Gasteiger partial charge on any atom is 0.264 e. The topological polar surface area (TPSA) is 50.7 Å². The molecule has 1 heterocycles. The molecule has 0 unspecified atom stereocenters. The molecule has 0 saturated carbocycles. The van der Waals surface area contributed by atoms with Crippen LogP contribution in [0.1, 0.15) is 17.5 Å². The Morgan fingerprint density at radius 2 is 1.91 bits per heavy atom. The molecule has 2 aromatic carbocycles. The van der Waals surface area contributed by atoms with Gasteiger partial charge in [-0.15, -0.1) is 0 Å². The molecular weight excluding hydrogens is 283 g/mol. The molecule has 22 heavy (non-hydrogen) atoms. The Balaban J connectivity index is 1.56. The number of hydrogen-bond acceptors (Lipinski definition) is 3. The minimum Gasteiger partial charge on any atom is -0.382 e. The van der Waals surface area contributed by atoms with Crippen LogP contribution < -0.4 is 5.32 Å². The summed E-state index contributed by atoms with van der Waals surface area (Å²) in [4.78, 5) is 17.3. The third kappa shape index (κ3) is 3.14. The van der Waals surface area contributed by atoms with E-state index in [1.165, 1.54) is 6.07 Å². The number of amides is 1. The van der Waals surface area contributed by atoms with Gasteiger partial charge in [-0.3, -0.25) is 4.79 Å². The summed E-state index contributed by atoms with van der Waals surface area (Å²) in [6, 6.07) is 15.9. The summed E-state index contributed by atoms with van der Waals surface area (Å²) in [7, 11) is 0. The maximum atomic E-state index is 13.5. The lowest BCUT2D eigenvalue weighted by Gasteiger charge is -2.10. The molecular formula is C17H15FN2O2. The minimum atomic E-state index is -0.665. The van der Waals surface area contributed by atoms with E-state index >= 15 is 0 Å². The average molecular weight is 298 g/mol. The molecule has 5 heteroatoms. The second-order valence-corrected chi connectivity index (χ2v) is 5.01. The Bertz CT molecular complexity index is 701. The summed E-state index contributed by atoms with van der Waals surface area (Å²) < 4.78 is 13.5. The number of nitrogens with zero attached hydrogens (tertiary/aromatic N) is 1. The van der Waals surface area contributed by atoms with E-state index in [-0.39, 0.29) is 18.3 Å². The number of carbonyl (C=O) groups is 1. The zero-order chi connectivity index (χ0) is 15.4. The molecule has 0 bridgehead atoms. The predicted molar refractivity (Wildman–Crippen MR) is 80.7 cm³/mol. The molecule has 112 valence electrons. The van der Waals surface area contributed by atoms with Crippen LogP contribution in [0.4, 0.5) is 4.39 Å². The van der Waals surface area contributed by atoms with E-state index in [0.29, 0.717) is 12.0 Å². The Labute approximate surface area is 127 Å². The first-order valence-electron chi connectivity index (χ1n) is 7.03. The van der Waals surface area contributed by atoms with Gasteiger partial charge in [0.2, 0.25) is 6.10 Å². The van der Waals surface area contributed by atoms with Crippen LogP contribution in [0.15, 0.2) is 59.8 Å². The van der Waals surface area contributed by atoms with E-state index in [0.717, 1.165) is 11.3 Å². The minimum absolute atomic E-state index is 0.131. The van der Waals surface area contributed by atoms with Crippen molar-refractivity contribution in [1.82, 2.24) is 5.32 Å². The summed E-state index contributed by atoms with van der Waals surface area (Å²) in [5, 5.41) is 6.64. The summed E-state index contributed by atoms with van der Waals surface area (Å²) in [6.07, 6.45) is -0.255. The van der Waals surface area contributed by atoms with Gasteiger partial charge in [0.15, 0.2) is 0 Å². The fourth-order valence-electron chi connectivity index (χ4n) is 2.26. The molecule has 3 rings (SSSR count). The first-order chi connectivity index (χ1) is 10.7. The Kier molecular flexibility index (Phi) is 4.14. The lowest BCUT2D eigenvalue weighted by Crippen LogP contribution is -2.34. The Morgan fingerprint density at radius 3 is 2.68 bits per heavy atom. The zero-order valence-corrected chi connectivity index (χ0v) is 11.8. The fourth-order valence-corrected chi connectivity index (χ4v) is 2.26. The third-order valence-electron chi connectivity index (χ3n) is 3.48. The smallest absolute Gasteiger partial charge is 0.264 e. The number of hydrogen-bond donors (Lipinski definition) is 1. The van der Waals surface area contributed by atoms with Crippen LogP contribution in [0.25, 0.3) is 0 Å². The quantitative estimate of drug-likeness (QED) is 0.943. The van der Waals surface area contributed by atoms with Gasteiger partial charge in [-0.1, -0.05) is 53.7 Å². The van der Waals surface area contributed by atoms with Gasteiger partial charge in [-0.2, -0.15) is 0 Å². The van der Waals surface area contributed by atoms with Crippen LogP contribution in [-0.4, -0.2) is 17.7 Å². The highest BCUT2D eigenvalue weighted by Crippen LogP contribution is 2.17. The fraction of sp³-hybridized carbons (Fsp3) is 0.176. The van der Waals surface area contributed by atoms with Gasteiger partial charge in [0.1, 0.15) is 5.82 Å². The van der Waals surface area contributed by atoms with Gasteiger partial charge in [-0.25, -0.2) is 4.39 Å². The summed E-state index contributed by atoms with van der Waals surface area (Å²) in [5.74, 6) is -0.630. The molecule has 0 radical (unpaired) electrons. The Morgan fingerprint density at radius 1 is 1.18 bits per heavy atom. The third-order valence-corrected chi connectivity index (χ3v) is 3.48. The molecule has 1 amide bonds.